The van der Waals surface area contributed by atoms with Gasteiger partial charge in [-0.25, -0.2) is 4.68 Å². The molecule has 20 heavy (non-hydrogen) atoms. The minimum atomic E-state index is -0.140. The Morgan fingerprint density at radius 3 is 2.50 bits per heavy atom. The molecule has 0 fully saturated rings. The second-order valence-corrected chi connectivity index (χ2v) is 4.29. The summed E-state index contributed by atoms with van der Waals surface area (Å²) in [6, 6.07) is 1.90. The van der Waals surface area contributed by atoms with Crippen molar-refractivity contribution in [2.75, 3.05) is 5.43 Å². The third-order valence-electron chi connectivity index (χ3n) is 2.46. The number of anilines is 1. The van der Waals surface area contributed by atoms with Crippen LogP contribution in [0.3, 0.4) is 0 Å². The van der Waals surface area contributed by atoms with E-state index in [1.54, 1.807) is 4.68 Å². The predicted molar refractivity (Wildman–Crippen MR) is 70.9 cm³/mol. The van der Waals surface area contributed by atoms with E-state index in [0.29, 0.717) is 6.42 Å². The summed E-state index contributed by atoms with van der Waals surface area (Å²) in [6.45, 7) is 5.69. The summed E-state index contributed by atoms with van der Waals surface area (Å²) >= 11 is 0. The van der Waals surface area contributed by atoms with Gasteiger partial charge in [0, 0.05) is 12.1 Å². The molecule has 0 aliphatic rings. The van der Waals surface area contributed by atoms with Gasteiger partial charge in [-0.05, 0) is 26.3 Å². The summed E-state index contributed by atoms with van der Waals surface area (Å²) < 4.78 is 1.55. The molecule has 0 aromatic carbocycles. The summed E-state index contributed by atoms with van der Waals surface area (Å²) in [7, 11) is 0. The molecule has 9 heteroatoms. The number of aromatic nitrogens is 6. The van der Waals surface area contributed by atoms with Crippen molar-refractivity contribution in [1.82, 2.24) is 35.6 Å². The summed E-state index contributed by atoms with van der Waals surface area (Å²) in [4.78, 5) is 11.3. The maximum atomic E-state index is 11.3. The molecule has 0 saturated heterocycles. The van der Waals surface area contributed by atoms with Crippen LogP contribution in [0, 0.1) is 13.8 Å². The molecule has 0 aliphatic heterocycles. The topological polar surface area (TPSA) is 111 Å². The largest absolute Gasteiger partial charge is 0.289 e. The molecule has 2 heterocycles. The monoisotopic (exact) mass is 276 g/mol. The van der Waals surface area contributed by atoms with Gasteiger partial charge in [-0.15, -0.1) is 20.4 Å². The lowest BCUT2D eigenvalue weighted by molar-refractivity contribution is -0.120. The van der Waals surface area contributed by atoms with Crippen molar-refractivity contribution in [3.8, 4) is 5.95 Å². The molecule has 106 valence electrons. The quantitative estimate of drug-likeness (QED) is 0.756. The molecule has 2 N–H and O–H groups in total. The molecule has 1 amide bonds. The van der Waals surface area contributed by atoms with Gasteiger partial charge in [0.1, 0.15) is 0 Å². The Balaban J connectivity index is 2.03. The average molecular weight is 276 g/mol. The van der Waals surface area contributed by atoms with E-state index < -0.39 is 0 Å². The highest BCUT2D eigenvalue weighted by Crippen LogP contribution is 2.06. The highest BCUT2D eigenvalue weighted by Gasteiger charge is 2.08. The average Bonchev–Trinajstić information content (AvgIpc) is 2.76. The summed E-state index contributed by atoms with van der Waals surface area (Å²) in [5.74, 6) is 0.263. The Bertz CT molecular complexity index is 591. The SMILES string of the molecule is CCCC(=O)NNc1nnc(-n2nc(C)cc2C)nn1. The zero-order chi connectivity index (χ0) is 14.5. The van der Waals surface area contributed by atoms with Gasteiger partial charge in [-0.1, -0.05) is 6.92 Å². The van der Waals surface area contributed by atoms with Crippen LogP contribution in [0.5, 0.6) is 0 Å². The molecule has 0 atom stereocenters. The Morgan fingerprint density at radius 2 is 1.95 bits per heavy atom. The Morgan fingerprint density at radius 1 is 1.25 bits per heavy atom. The molecule has 0 spiro atoms. The van der Waals surface area contributed by atoms with Crippen molar-refractivity contribution < 1.29 is 4.79 Å². The van der Waals surface area contributed by atoms with E-state index in [-0.39, 0.29) is 17.8 Å². The van der Waals surface area contributed by atoms with E-state index in [4.69, 9.17) is 0 Å². The van der Waals surface area contributed by atoms with E-state index in [2.05, 4.69) is 36.3 Å². The first-order valence-corrected chi connectivity index (χ1v) is 6.26. The smallest absolute Gasteiger partial charge is 0.273 e. The second kappa shape index (κ2) is 6.04. The lowest BCUT2D eigenvalue weighted by Gasteiger charge is -2.05. The molecular weight excluding hydrogens is 260 g/mol. The first-order chi connectivity index (χ1) is 9.60. The van der Waals surface area contributed by atoms with E-state index in [1.807, 2.05) is 26.8 Å². The number of hydrazine groups is 1. The number of nitrogens with zero attached hydrogens (tertiary/aromatic N) is 6. The highest BCUT2D eigenvalue weighted by atomic mass is 16.2. The highest BCUT2D eigenvalue weighted by molar-refractivity contribution is 5.76. The van der Waals surface area contributed by atoms with Crippen LogP contribution < -0.4 is 10.9 Å². The normalized spacial score (nSPS) is 10.3. The van der Waals surface area contributed by atoms with Crippen LogP contribution in [0.15, 0.2) is 6.07 Å². The van der Waals surface area contributed by atoms with Gasteiger partial charge in [0.05, 0.1) is 5.69 Å². The van der Waals surface area contributed by atoms with Gasteiger partial charge >= 0.3 is 0 Å². The Hall–Kier alpha value is -2.58. The van der Waals surface area contributed by atoms with Crippen LogP contribution in [-0.4, -0.2) is 36.1 Å². The number of amides is 1. The van der Waals surface area contributed by atoms with Gasteiger partial charge in [0.2, 0.25) is 5.91 Å². The van der Waals surface area contributed by atoms with Crippen molar-refractivity contribution in [2.45, 2.75) is 33.6 Å². The third-order valence-corrected chi connectivity index (χ3v) is 2.46. The molecule has 0 bridgehead atoms. The van der Waals surface area contributed by atoms with Crippen LogP contribution in [0.25, 0.3) is 5.95 Å². The van der Waals surface area contributed by atoms with Crippen molar-refractivity contribution >= 4 is 11.9 Å². The number of aryl methyl sites for hydroxylation is 2. The third kappa shape index (κ3) is 3.25. The zero-order valence-electron chi connectivity index (χ0n) is 11.6. The first kappa shape index (κ1) is 13.8. The maximum absolute atomic E-state index is 11.3. The maximum Gasteiger partial charge on any atom is 0.289 e. The number of hydrogen-bond acceptors (Lipinski definition) is 7. The van der Waals surface area contributed by atoms with Crippen LogP contribution in [-0.2, 0) is 4.79 Å². The molecule has 2 rings (SSSR count). The Kier molecular flexibility index (Phi) is 4.18. The van der Waals surface area contributed by atoms with E-state index >= 15 is 0 Å². The number of carbonyl (C=O) groups is 1. The number of hydrogen-bond donors (Lipinski definition) is 2. The van der Waals surface area contributed by atoms with Gasteiger partial charge in [0.15, 0.2) is 0 Å². The molecule has 2 aromatic rings. The molecule has 2 aromatic heterocycles. The zero-order valence-corrected chi connectivity index (χ0v) is 11.6. The molecule has 0 saturated carbocycles. The fourth-order valence-electron chi connectivity index (χ4n) is 1.61. The lowest BCUT2D eigenvalue weighted by Crippen LogP contribution is -2.30. The molecule has 0 radical (unpaired) electrons. The van der Waals surface area contributed by atoms with Crippen molar-refractivity contribution in [1.29, 1.82) is 0 Å². The van der Waals surface area contributed by atoms with Gasteiger partial charge < -0.3 is 0 Å². The van der Waals surface area contributed by atoms with Crippen LogP contribution in [0.2, 0.25) is 0 Å². The second-order valence-electron chi connectivity index (χ2n) is 4.29. The summed E-state index contributed by atoms with van der Waals surface area (Å²) in [5, 5.41) is 19.7. The van der Waals surface area contributed by atoms with E-state index in [1.165, 1.54) is 0 Å². The first-order valence-electron chi connectivity index (χ1n) is 6.26. The van der Waals surface area contributed by atoms with Crippen LogP contribution in [0.4, 0.5) is 5.95 Å². The fourth-order valence-corrected chi connectivity index (χ4v) is 1.61. The molecule has 0 unspecified atom stereocenters. The predicted octanol–water partition coefficient (Wildman–Crippen LogP) is 0.312. The Labute approximate surface area is 115 Å². The van der Waals surface area contributed by atoms with E-state index in [0.717, 1.165) is 17.8 Å². The number of rotatable bonds is 5. The van der Waals surface area contributed by atoms with Crippen molar-refractivity contribution in [3.05, 3.63) is 17.5 Å². The standard InChI is InChI=1S/C11H16N8O/c1-4-5-9(20)12-13-10-14-16-11(17-15-10)19-8(3)6-7(2)18-19/h6H,4-5H2,1-3H3,(H,12,20)(H,13,14,15). The van der Waals surface area contributed by atoms with Crippen molar-refractivity contribution in [2.24, 2.45) is 0 Å². The fraction of sp³-hybridized carbons (Fsp3) is 0.455. The number of carbonyl (C=O) groups excluding carboxylic acids is 1. The van der Waals surface area contributed by atoms with Gasteiger partial charge in [0.25, 0.3) is 11.9 Å². The minimum absolute atomic E-state index is 0.125. The van der Waals surface area contributed by atoms with Gasteiger partial charge in [-0.3, -0.25) is 15.6 Å². The van der Waals surface area contributed by atoms with Crippen LogP contribution in [0.1, 0.15) is 31.2 Å². The molecule has 9 nitrogen and oxygen atoms in total. The summed E-state index contributed by atoms with van der Waals surface area (Å²) in [6.07, 6.45) is 1.19. The summed E-state index contributed by atoms with van der Waals surface area (Å²) in [5.41, 5.74) is 6.76. The minimum Gasteiger partial charge on any atom is -0.273 e. The van der Waals surface area contributed by atoms with Gasteiger partial charge in [-0.2, -0.15) is 5.10 Å². The van der Waals surface area contributed by atoms with Crippen molar-refractivity contribution in [3.63, 3.8) is 0 Å². The lowest BCUT2D eigenvalue weighted by atomic mass is 10.3. The molecular formula is C11H16N8O. The van der Waals surface area contributed by atoms with E-state index in [9.17, 15) is 4.79 Å². The number of nitrogens with one attached hydrogen (secondary N) is 2. The van der Waals surface area contributed by atoms with Crippen LogP contribution >= 0.6 is 0 Å². The molecule has 0 aliphatic carbocycles.